The molecule has 1 unspecified atom stereocenters. The maximum atomic E-state index is 5.60. The Morgan fingerprint density at radius 1 is 0.542 bits per heavy atom. The number of aliphatic imine (C=N–C) groups is 1. The second-order valence-electron chi connectivity index (χ2n) is 14.0. The monoisotopic (exact) mass is 613 g/mol. The predicted octanol–water partition coefficient (Wildman–Crippen LogP) is 11.0. The molecule has 3 nitrogen and oxygen atoms in total. The van der Waals surface area contributed by atoms with E-state index >= 15 is 0 Å². The molecule has 8 aromatic rings. The molecule has 1 atom stereocenters. The van der Waals surface area contributed by atoms with Crippen LogP contribution in [0, 0.1) is 0 Å². The fourth-order valence-electron chi connectivity index (χ4n) is 8.99. The number of allylic oxidation sites excluding steroid dienone is 1. The van der Waals surface area contributed by atoms with Gasteiger partial charge in [-0.2, -0.15) is 0 Å². The Kier molecular flexibility index (Phi) is 4.97. The van der Waals surface area contributed by atoms with Gasteiger partial charge in [0.1, 0.15) is 12.0 Å². The number of benzene rings is 7. The molecular formula is C45H31N3. The quantitative estimate of drug-likeness (QED) is 0.206. The fourth-order valence-corrected chi connectivity index (χ4v) is 8.99. The van der Waals surface area contributed by atoms with Gasteiger partial charge in [0.25, 0.3) is 0 Å². The minimum atomic E-state index is -0.256. The zero-order valence-electron chi connectivity index (χ0n) is 26.8. The van der Waals surface area contributed by atoms with E-state index in [0.717, 1.165) is 17.1 Å². The Hall–Kier alpha value is -5.93. The summed E-state index contributed by atoms with van der Waals surface area (Å²) in [7, 11) is 0. The summed E-state index contributed by atoms with van der Waals surface area (Å²) in [5, 5.41) is 11.7. The van der Waals surface area contributed by atoms with Crippen LogP contribution in [0.25, 0.3) is 71.2 Å². The molecule has 3 aliphatic rings. The van der Waals surface area contributed by atoms with E-state index in [2.05, 4.69) is 163 Å². The van der Waals surface area contributed by atoms with Crippen molar-refractivity contribution >= 4 is 54.8 Å². The first-order chi connectivity index (χ1) is 23.6. The summed E-state index contributed by atoms with van der Waals surface area (Å²) >= 11 is 0. The normalized spacial score (nSPS) is 17.1. The zero-order chi connectivity index (χ0) is 31.7. The molecule has 0 spiro atoms. The molecule has 1 N–H and O–H groups in total. The summed E-state index contributed by atoms with van der Waals surface area (Å²) in [4.78, 5) is 5.60. The highest BCUT2D eigenvalue weighted by Gasteiger charge is 2.44. The lowest BCUT2D eigenvalue weighted by atomic mass is 9.84. The Morgan fingerprint density at radius 3 is 2.00 bits per heavy atom. The molecule has 0 saturated heterocycles. The Bertz CT molecular complexity index is 2760. The molecule has 11 rings (SSSR count). The predicted molar refractivity (Wildman–Crippen MR) is 200 cm³/mol. The van der Waals surface area contributed by atoms with Crippen LogP contribution in [-0.2, 0) is 5.41 Å². The van der Waals surface area contributed by atoms with Crippen LogP contribution in [0.1, 0.15) is 36.7 Å². The van der Waals surface area contributed by atoms with Gasteiger partial charge >= 0.3 is 0 Å². The van der Waals surface area contributed by atoms with Crippen molar-refractivity contribution in [2.45, 2.75) is 25.4 Å². The molecule has 0 saturated carbocycles. The largest absolute Gasteiger partial charge is 0.345 e. The highest BCUT2D eigenvalue weighted by atomic mass is 15.2. The van der Waals surface area contributed by atoms with Gasteiger partial charge in [0.15, 0.2) is 0 Å². The minimum absolute atomic E-state index is 0.167. The Balaban J connectivity index is 1.21. The lowest BCUT2D eigenvalue weighted by molar-refractivity contribution is 0.584. The van der Waals surface area contributed by atoms with E-state index < -0.39 is 0 Å². The number of nitrogens with zero attached hydrogens (tertiary/aromatic N) is 2. The van der Waals surface area contributed by atoms with E-state index in [0.29, 0.717) is 0 Å². The van der Waals surface area contributed by atoms with Gasteiger partial charge in [-0.3, -0.25) is 0 Å². The van der Waals surface area contributed by atoms with Gasteiger partial charge in [-0.05, 0) is 73.1 Å². The van der Waals surface area contributed by atoms with Gasteiger partial charge in [0.05, 0.1) is 16.7 Å². The second kappa shape index (κ2) is 9.11. The Morgan fingerprint density at radius 2 is 1.17 bits per heavy atom. The van der Waals surface area contributed by atoms with Crippen LogP contribution in [0.15, 0.2) is 150 Å². The second-order valence-corrected chi connectivity index (χ2v) is 14.0. The zero-order valence-corrected chi connectivity index (χ0v) is 26.8. The number of hydrogen-bond donors (Lipinski definition) is 1. The highest BCUT2D eigenvalue weighted by molar-refractivity contribution is 6.22. The maximum absolute atomic E-state index is 5.60. The molecule has 0 amide bonds. The number of nitrogens with one attached hydrogen (secondary N) is 1. The third kappa shape index (κ3) is 3.26. The molecule has 1 aliphatic heterocycles. The average molecular weight is 614 g/mol. The summed E-state index contributed by atoms with van der Waals surface area (Å²) in [6.45, 7) is 4.67. The van der Waals surface area contributed by atoms with Crippen molar-refractivity contribution in [1.82, 2.24) is 9.88 Å². The van der Waals surface area contributed by atoms with Crippen molar-refractivity contribution in [2.75, 3.05) is 0 Å². The van der Waals surface area contributed by atoms with Gasteiger partial charge in [-0.1, -0.05) is 135 Å². The smallest absolute Gasteiger partial charge is 0.136 e. The lowest BCUT2D eigenvalue weighted by Gasteiger charge is -2.32. The number of rotatable bonds is 2. The molecule has 0 bridgehead atoms. The van der Waals surface area contributed by atoms with Crippen molar-refractivity contribution in [3.8, 4) is 22.3 Å². The van der Waals surface area contributed by atoms with Crippen LogP contribution in [0.4, 0.5) is 0 Å². The van der Waals surface area contributed by atoms with E-state index in [1.807, 2.05) is 0 Å². The van der Waals surface area contributed by atoms with Crippen molar-refractivity contribution in [3.05, 3.63) is 162 Å². The number of hydrogen-bond acceptors (Lipinski definition) is 2. The Labute approximate surface area is 278 Å². The molecule has 7 aromatic carbocycles. The van der Waals surface area contributed by atoms with E-state index in [1.165, 1.54) is 82.3 Å². The third-order valence-electron chi connectivity index (χ3n) is 11.1. The summed E-state index contributed by atoms with van der Waals surface area (Å²) in [5.74, 6) is 0.922. The fraction of sp³-hybridized carbons (Fsp3) is 0.0889. The number of amidine groups is 1. The van der Waals surface area contributed by atoms with Crippen LogP contribution in [0.3, 0.4) is 0 Å². The van der Waals surface area contributed by atoms with Crippen molar-refractivity contribution in [2.24, 2.45) is 4.99 Å². The molecule has 3 heteroatoms. The minimum Gasteiger partial charge on any atom is -0.345 e. The van der Waals surface area contributed by atoms with Crippen LogP contribution in [0.5, 0.6) is 0 Å². The van der Waals surface area contributed by atoms with Crippen molar-refractivity contribution in [3.63, 3.8) is 0 Å². The van der Waals surface area contributed by atoms with Gasteiger partial charge in [0, 0.05) is 27.3 Å². The third-order valence-corrected chi connectivity index (χ3v) is 11.1. The average Bonchev–Trinajstić information content (AvgIpc) is 3.71. The van der Waals surface area contributed by atoms with Gasteiger partial charge < -0.3 is 9.88 Å². The molecule has 0 fully saturated rings. The maximum Gasteiger partial charge on any atom is 0.136 e. The first-order valence-corrected chi connectivity index (χ1v) is 16.8. The van der Waals surface area contributed by atoms with E-state index in [-0.39, 0.29) is 11.6 Å². The SMILES string of the molecule is CC1(C)C2=C(c3ccccc31)C(n1c3ccccc3c3cc4ccccc4cc31)NC(c1ccc3c4c(cccc14)-c1ccccc1-3)=N2. The molecule has 2 heterocycles. The van der Waals surface area contributed by atoms with Gasteiger partial charge in [-0.15, -0.1) is 0 Å². The van der Waals surface area contributed by atoms with Gasteiger partial charge in [0.2, 0.25) is 0 Å². The van der Waals surface area contributed by atoms with E-state index in [1.54, 1.807) is 0 Å². The number of para-hydroxylation sites is 1. The molecule has 226 valence electrons. The van der Waals surface area contributed by atoms with Crippen LogP contribution in [-0.4, -0.2) is 10.4 Å². The topological polar surface area (TPSA) is 29.3 Å². The summed E-state index contributed by atoms with van der Waals surface area (Å²) in [6.07, 6.45) is -0.167. The standard InChI is InChI=1S/C45H31N3/c1-45(2)37-20-9-7-17-35(37)41-42(45)46-43(34-23-22-33-29-15-6-5-14-28(29)31-18-11-19-32(34)40(31)33)47-44(41)48-38-21-10-8-16-30(38)36-24-26-12-3-4-13-27(26)25-39(36)48/h3-25,44H,1-2H3,(H,46,47). The van der Waals surface area contributed by atoms with Crippen molar-refractivity contribution in [1.29, 1.82) is 0 Å². The molecule has 0 radical (unpaired) electrons. The number of fused-ring (bicyclic) bond motifs is 9. The molecule has 2 aliphatic carbocycles. The molecule has 48 heavy (non-hydrogen) atoms. The number of aromatic nitrogens is 1. The summed E-state index contributed by atoms with van der Waals surface area (Å²) in [6, 6.07) is 51.3. The first kappa shape index (κ1) is 26.2. The van der Waals surface area contributed by atoms with Crippen molar-refractivity contribution < 1.29 is 0 Å². The summed E-state index contributed by atoms with van der Waals surface area (Å²) < 4.78 is 2.54. The van der Waals surface area contributed by atoms with Crippen LogP contribution < -0.4 is 5.32 Å². The van der Waals surface area contributed by atoms with Crippen LogP contribution in [0.2, 0.25) is 0 Å². The molecule has 1 aromatic heterocycles. The van der Waals surface area contributed by atoms with E-state index in [4.69, 9.17) is 4.99 Å². The summed E-state index contributed by atoms with van der Waals surface area (Å²) in [5.41, 5.74) is 13.5. The van der Waals surface area contributed by atoms with E-state index in [9.17, 15) is 0 Å². The molecular weight excluding hydrogens is 583 g/mol. The van der Waals surface area contributed by atoms with Gasteiger partial charge in [-0.25, -0.2) is 4.99 Å². The first-order valence-electron chi connectivity index (χ1n) is 16.8. The van der Waals surface area contributed by atoms with Crippen LogP contribution >= 0.6 is 0 Å². The highest BCUT2D eigenvalue weighted by Crippen LogP contribution is 2.53. The lowest BCUT2D eigenvalue weighted by Crippen LogP contribution is -2.37.